The molecule has 2 saturated heterocycles. The lowest BCUT2D eigenvalue weighted by molar-refractivity contribution is 0.214. The molecule has 1 aromatic carbocycles. The van der Waals surface area contributed by atoms with Gasteiger partial charge in [-0.1, -0.05) is 15.9 Å². The summed E-state index contributed by atoms with van der Waals surface area (Å²) in [5.74, 6) is -0.0873. The fraction of sp³-hybridized carbons (Fsp3) is 0.600. The quantitative estimate of drug-likeness (QED) is 0.823. The molecule has 4 heteroatoms. The van der Waals surface area contributed by atoms with Gasteiger partial charge < -0.3 is 0 Å². The molecule has 0 bridgehead atoms. The Balaban J connectivity index is 1.70. The zero-order valence-electron chi connectivity index (χ0n) is 11.1. The third-order valence-corrected chi connectivity index (χ3v) is 4.78. The van der Waals surface area contributed by atoms with E-state index in [0.717, 1.165) is 29.7 Å². The molecule has 0 radical (unpaired) electrons. The van der Waals surface area contributed by atoms with Crippen LogP contribution in [0, 0.1) is 5.82 Å². The number of hydrogen-bond acceptors (Lipinski definition) is 2. The summed E-state index contributed by atoms with van der Waals surface area (Å²) in [7, 11) is 0. The summed E-state index contributed by atoms with van der Waals surface area (Å²) < 4.78 is 14.8. The topological polar surface area (TPSA) is 6.48 Å². The van der Waals surface area contributed by atoms with Gasteiger partial charge in [-0.15, -0.1) is 0 Å². The molecule has 19 heavy (non-hydrogen) atoms. The number of hydrogen-bond donors (Lipinski definition) is 0. The Hall–Kier alpha value is -0.450. The molecule has 0 N–H and O–H groups in total. The van der Waals surface area contributed by atoms with E-state index in [4.69, 9.17) is 0 Å². The summed E-state index contributed by atoms with van der Waals surface area (Å²) in [5, 5.41) is 0. The van der Waals surface area contributed by atoms with Gasteiger partial charge in [-0.25, -0.2) is 4.39 Å². The Morgan fingerprint density at radius 1 is 1.21 bits per heavy atom. The maximum atomic E-state index is 13.8. The summed E-state index contributed by atoms with van der Waals surface area (Å²) in [4.78, 5) is 5.03. The summed E-state index contributed by atoms with van der Waals surface area (Å²) in [6.07, 6.45) is 3.83. The molecule has 104 valence electrons. The Labute approximate surface area is 122 Å². The average Bonchev–Trinajstić information content (AvgIpc) is 2.73. The van der Waals surface area contributed by atoms with Gasteiger partial charge in [0.2, 0.25) is 0 Å². The monoisotopic (exact) mass is 326 g/mol. The van der Waals surface area contributed by atoms with Crippen LogP contribution >= 0.6 is 15.9 Å². The van der Waals surface area contributed by atoms with Crippen LogP contribution in [-0.2, 0) is 6.54 Å². The van der Waals surface area contributed by atoms with Gasteiger partial charge in [0.25, 0.3) is 0 Å². The molecule has 2 aliphatic rings. The van der Waals surface area contributed by atoms with Crippen molar-refractivity contribution in [3.8, 4) is 0 Å². The van der Waals surface area contributed by atoms with Crippen molar-refractivity contribution in [2.45, 2.75) is 31.8 Å². The minimum absolute atomic E-state index is 0.0873. The molecular weight excluding hydrogens is 307 g/mol. The predicted octanol–water partition coefficient (Wildman–Crippen LogP) is 3.26. The first-order valence-corrected chi connectivity index (χ1v) is 7.92. The number of fused-ring (bicyclic) bond motifs is 1. The second kappa shape index (κ2) is 5.90. The van der Waals surface area contributed by atoms with Crippen molar-refractivity contribution in [1.29, 1.82) is 0 Å². The SMILES string of the molecule is Fc1ccc(Br)cc1CN1CCCN2CCC[C@@H]2C1. The van der Waals surface area contributed by atoms with Crippen LogP contribution in [0.3, 0.4) is 0 Å². The van der Waals surface area contributed by atoms with E-state index in [1.54, 1.807) is 12.1 Å². The van der Waals surface area contributed by atoms with Gasteiger partial charge in [-0.2, -0.15) is 0 Å². The number of halogens is 2. The lowest BCUT2D eigenvalue weighted by Gasteiger charge is -2.25. The molecule has 0 spiro atoms. The summed E-state index contributed by atoms with van der Waals surface area (Å²) in [6.45, 7) is 5.37. The third-order valence-electron chi connectivity index (χ3n) is 4.29. The smallest absolute Gasteiger partial charge is 0.127 e. The fourth-order valence-electron chi connectivity index (χ4n) is 3.33. The molecule has 2 aliphatic heterocycles. The van der Waals surface area contributed by atoms with Gasteiger partial charge in [0, 0.05) is 29.2 Å². The van der Waals surface area contributed by atoms with Gasteiger partial charge in [-0.05, 0) is 57.1 Å². The molecule has 1 atom stereocenters. The van der Waals surface area contributed by atoms with Crippen LogP contribution in [0.1, 0.15) is 24.8 Å². The van der Waals surface area contributed by atoms with E-state index in [-0.39, 0.29) is 5.82 Å². The van der Waals surface area contributed by atoms with Crippen LogP contribution in [-0.4, -0.2) is 42.0 Å². The number of benzene rings is 1. The zero-order chi connectivity index (χ0) is 13.2. The molecule has 2 nitrogen and oxygen atoms in total. The standard InChI is InChI=1S/C15H20BrFN2/c16-13-4-5-15(17)12(9-13)10-18-6-2-8-19-7-1-3-14(19)11-18/h4-5,9,14H,1-3,6-8,10-11H2/t14-/m1/s1. The molecular formula is C15H20BrFN2. The highest BCUT2D eigenvalue weighted by atomic mass is 79.9. The highest BCUT2D eigenvalue weighted by Crippen LogP contribution is 2.23. The summed E-state index contributed by atoms with van der Waals surface area (Å²) >= 11 is 3.43. The Bertz CT molecular complexity index is 452. The maximum absolute atomic E-state index is 13.8. The second-order valence-corrected chi connectivity index (χ2v) is 6.57. The van der Waals surface area contributed by atoms with Gasteiger partial charge >= 0.3 is 0 Å². The second-order valence-electron chi connectivity index (χ2n) is 5.66. The fourth-order valence-corrected chi connectivity index (χ4v) is 3.74. The van der Waals surface area contributed by atoms with Crippen molar-refractivity contribution in [2.24, 2.45) is 0 Å². The van der Waals surface area contributed by atoms with Crippen LogP contribution in [0.25, 0.3) is 0 Å². The van der Waals surface area contributed by atoms with Crippen molar-refractivity contribution in [2.75, 3.05) is 26.2 Å². The van der Waals surface area contributed by atoms with Gasteiger partial charge in [-0.3, -0.25) is 9.80 Å². The van der Waals surface area contributed by atoms with E-state index in [0.29, 0.717) is 6.04 Å². The normalized spacial score (nSPS) is 25.3. The maximum Gasteiger partial charge on any atom is 0.127 e. The average molecular weight is 327 g/mol. The molecule has 2 fully saturated rings. The molecule has 0 amide bonds. The van der Waals surface area contributed by atoms with Crippen molar-refractivity contribution in [3.63, 3.8) is 0 Å². The summed E-state index contributed by atoms with van der Waals surface area (Å²) in [6, 6.07) is 5.92. The Kier molecular flexibility index (Phi) is 4.20. The zero-order valence-corrected chi connectivity index (χ0v) is 12.7. The van der Waals surface area contributed by atoms with Gasteiger partial charge in [0.05, 0.1) is 0 Å². The van der Waals surface area contributed by atoms with E-state index >= 15 is 0 Å². The number of rotatable bonds is 2. The van der Waals surface area contributed by atoms with Crippen molar-refractivity contribution >= 4 is 15.9 Å². The highest BCUT2D eigenvalue weighted by molar-refractivity contribution is 9.10. The Morgan fingerprint density at radius 3 is 2.95 bits per heavy atom. The Morgan fingerprint density at radius 2 is 2.05 bits per heavy atom. The molecule has 3 rings (SSSR count). The minimum Gasteiger partial charge on any atom is -0.299 e. The van der Waals surface area contributed by atoms with Crippen LogP contribution in [0.15, 0.2) is 22.7 Å². The predicted molar refractivity (Wildman–Crippen MR) is 78.6 cm³/mol. The van der Waals surface area contributed by atoms with Crippen molar-refractivity contribution in [3.05, 3.63) is 34.1 Å². The molecule has 0 unspecified atom stereocenters. The van der Waals surface area contributed by atoms with Gasteiger partial charge in [0.1, 0.15) is 5.82 Å². The van der Waals surface area contributed by atoms with E-state index in [2.05, 4.69) is 25.7 Å². The molecule has 0 aliphatic carbocycles. The van der Waals surface area contributed by atoms with E-state index in [1.165, 1.54) is 32.4 Å². The lowest BCUT2D eigenvalue weighted by Crippen LogP contribution is -2.36. The minimum atomic E-state index is -0.0873. The van der Waals surface area contributed by atoms with E-state index in [9.17, 15) is 4.39 Å². The first kappa shape index (κ1) is 13.5. The van der Waals surface area contributed by atoms with Crippen molar-refractivity contribution in [1.82, 2.24) is 9.80 Å². The highest BCUT2D eigenvalue weighted by Gasteiger charge is 2.28. The van der Waals surface area contributed by atoms with Crippen LogP contribution in [0.2, 0.25) is 0 Å². The molecule has 2 heterocycles. The van der Waals surface area contributed by atoms with Crippen LogP contribution in [0.4, 0.5) is 4.39 Å². The number of nitrogens with zero attached hydrogens (tertiary/aromatic N) is 2. The van der Waals surface area contributed by atoms with Crippen LogP contribution < -0.4 is 0 Å². The molecule has 0 aromatic heterocycles. The first-order valence-electron chi connectivity index (χ1n) is 7.13. The molecule has 0 saturated carbocycles. The summed E-state index contributed by atoms with van der Waals surface area (Å²) in [5.41, 5.74) is 0.806. The van der Waals surface area contributed by atoms with E-state index < -0.39 is 0 Å². The first-order chi connectivity index (χ1) is 9.22. The third kappa shape index (κ3) is 3.18. The molecule has 1 aromatic rings. The largest absolute Gasteiger partial charge is 0.299 e. The van der Waals surface area contributed by atoms with Crippen LogP contribution in [0.5, 0.6) is 0 Å². The van der Waals surface area contributed by atoms with E-state index in [1.807, 2.05) is 6.07 Å². The van der Waals surface area contributed by atoms with Crippen molar-refractivity contribution < 1.29 is 4.39 Å². The lowest BCUT2D eigenvalue weighted by atomic mass is 10.1. The van der Waals surface area contributed by atoms with Gasteiger partial charge in [0.15, 0.2) is 0 Å².